The maximum atomic E-state index is 5.90. The van der Waals surface area contributed by atoms with Gasteiger partial charge in [-0.3, -0.25) is 0 Å². The lowest BCUT2D eigenvalue weighted by Gasteiger charge is -2.07. The highest BCUT2D eigenvalue weighted by Gasteiger charge is 2.01. The summed E-state index contributed by atoms with van der Waals surface area (Å²) in [5, 5.41) is 0. The van der Waals surface area contributed by atoms with Gasteiger partial charge in [0.2, 0.25) is 0 Å². The van der Waals surface area contributed by atoms with Crippen LogP contribution in [0.5, 0.6) is 11.5 Å². The third kappa shape index (κ3) is 13.4. The molecule has 0 radical (unpaired) electrons. The predicted molar refractivity (Wildman–Crippen MR) is 227 cm³/mol. The van der Waals surface area contributed by atoms with Crippen molar-refractivity contribution in [1.29, 1.82) is 0 Å². The molecule has 0 aliphatic carbocycles. The first-order chi connectivity index (χ1) is 27.3. The molecule has 3 nitrogen and oxygen atoms in total. The van der Waals surface area contributed by atoms with Gasteiger partial charge >= 0.3 is 0 Å². The van der Waals surface area contributed by atoms with E-state index in [1.807, 2.05) is 109 Å². The van der Waals surface area contributed by atoms with Gasteiger partial charge in [0.1, 0.15) is 11.5 Å². The van der Waals surface area contributed by atoms with E-state index in [2.05, 4.69) is 121 Å². The molecule has 0 N–H and O–H groups in total. The van der Waals surface area contributed by atoms with Crippen LogP contribution in [0.4, 0.5) is 0 Å². The molecule has 0 aliphatic heterocycles. The minimum atomic E-state index is 0.621. The van der Waals surface area contributed by atoms with Crippen LogP contribution in [0.15, 0.2) is 231 Å². The average molecular weight is 719 g/mol. The number of hydrogen-bond acceptors (Lipinski definition) is 3. The highest BCUT2D eigenvalue weighted by Crippen LogP contribution is 2.22. The third-order valence-corrected chi connectivity index (χ3v) is 8.60. The quantitative estimate of drug-likeness (QED) is 0.126. The van der Waals surface area contributed by atoms with E-state index in [4.69, 9.17) is 14.2 Å². The number of benzene rings is 8. The van der Waals surface area contributed by atoms with Crippen molar-refractivity contribution in [3.05, 3.63) is 253 Å². The molecular formula is C52H46O3. The van der Waals surface area contributed by atoms with Crippen LogP contribution < -0.4 is 4.74 Å². The van der Waals surface area contributed by atoms with Gasteiger partial charge in [0, 0.05) is 0 Å². The third-order valence-electron chi connectivity index (χ3n) is 8.60. The summed E-state index contributed by atoms with van der Waals surface area (Å²) >= 11 is 0. The Hall–Kier alpha value is -6.52. The van der Waals surface area contributed by atoms with Gasteiger partial charge in [0.25, 0.3) is 0 Å². The van der Waals surface area contributed by atoms with Crippen LogP contribution in [0.1, 0.15) is 22.3 Å². The van der Waals surface area contributed by atoms with E-state index in [0.29, 0.717) is 26.4 Å². The molecule has 0 atom stereocenters. The maximum absolute atomic E-state index is 5.90. The van der Waals surface area contributed by atoms with Crippen LogP contribution in [-0.2, 0) is 35.9 Å². The van der Waals surface area contributed by atoms with Gasteiger partial charge < -0.3 is 14.2 Å². The van der Waals surface area contributed by atoms with Crippen molar-refractivity contribution in [2.45, 2.75) is 26.4 Å². The fourth-order valence-corrected chi connectivity index (χ4v) is 5.68. The molecule has 0 unspecified atom stereocenters. The highest BCUT2D eigenvalue weighted by atomic mass is 16.5. The molecule has 272 valence electrons. The van der Waals surface area contributed by atoms with Gasteiger partial charge in [-0.15, -0.1) is 0 Å². The van der Waals surface area contributed by atoms with Gasteiger partial charge in [-0.05, 0) is 68.8 Å². The molecule has 0 spiro atoms. The summed E-state index contributed by atoms with van der Waals surface area (Å²) in [5.74, 6) is 1.74. The first-order valence-corrected chi connectivity index (χ1v) is 18.6. The minimum Gasteiger partial charge on any atom is -0.457 e. The summed E-state index contributed by atoms with van der Waals surface area (Å²) in [6.45, 7) is 2.59. The molecule has 0 saturated heterocycles. The first kappa shape index (κ1) is 38.2. The van der Waals surface area contributed by atoms with Crippen molar-refractivity contribution in [2.24, 2.45) is 0 Å². The summed E-state index contributed by atoms with van der Waals surface area (Å²) in [6, 6.07) is 78.0. The Kier molecular flexibility index (Phi) is 15.2. The lowest BCUT2D eigenvalue weighted by molar-refractivity contribution is 0.107. The van der Waals surface area contributed by atoms with E-state index in [0.717, 1.165) is 11.5 Å². The zero-order chi connectivity index (χ0) is 37.6. The van der Waals surface area contributed by atoms with Crippen molar-refractivity contribution in [3.63, 3.8) is 0 Å². The molecule has 55 heavy (non-hydrogen) atoms. The molecule has 8 aromatic carbocycles. The summed E-state index contributed by atoms with van der Waals surface area (Å²) in [4.78, 5) is 0. The Labute approximate surface area is 326 Å². The van der Waals surface area contributed by atoms with Gasteiger partial charge in [-0.25, -0.2) is 0 Å². The zero-order valence-corrected chi connectivity index (χ0v) is 31.0. The Morgan fingerprint density at radius 2 is 0.455 bits per heavy atom. The molecular weight excluding hydrogens is 673 g/mol. The molecule has 0 aliphatic rings. The van der Waals surface area contributed by atoms with Crippen LogP contribution in [-0.4, -0.2) is 0 Å². The summed E-state index contributed by atoms with van der Waals surface area (Å²) in [5.41, 5.74) is 9.76. The fraction of sp³-hybridized carbons (Fsp3) is 0.0769. The molecule has 0 bridgehead atoms. The van der Waals surface area contributed by atoms with Gasteiger partial charge in [-0.1, -0.05) is 206 Å². The normalized spacial score (nSPS) is 10.3. The van der Waals surface area contributed by atoms with Crippen molar-refractivity contribution >= 4 is 0 Å². The topological polar surface area (TPSA) is 27.7 Å². The van der Waals surface area contributed by atoms with Crippen LogP contribution >= 0.6 is 0 Å². The lowest BCUT2D eigenvalue weighted by atomic mass is 10.0. The minimum absolute atomic E-state index is 0.621. The number of hydrogen-bond donors (Lipinski definition) is 0. The van der Waals surface area contributed by atoms with Gasteiger partial charge in [0.05, 0.1) is 26.4 Å². The van der Waals surface area contributed by atoms with Crippen LogP contribution in [0.2, 0.25) is 0 Å². The summed E-state index contributed by atoms with van der Waals surface area (Å²) < 4.78 is 17.1. The Balaban J connectivity index is 0.000000155. The van der Waals surface area contributed by atoms with Gasteiger partial charge in [-0.2, -0.15) is 0 Å². The zero-order valence-electron chi connectivity index (χ0n) is 31.0. The van der Waals surface area contributed by atoms with E-state index in [1.54, 1.807) is 0 Å². The molecule has 3 heteroatoms. The molecule has 0 aromatic heterocycles. The smallest absolute Gasteiger partial charge is 0.127 e. The van der Waals surface area contributed by atoms with E-state index in [1.165, 1.54) is 44.5 Å². The van der Waals surface area contributed by atoms with Crippen molar-refractivity contribution in [1.82, 2.24) is 0 Å². The second-order valence-corrected chi connectivity index (χ2v) is 12.8. The number of ether oxygens (including phenoxy) is 3. The molecule has 0 saturated carbocycles. The molecule has 0 fully saturated rings. The summed E-state index contributed by atoms with van der Waals surface area (Å²) in [7, 11) is 0. The average Bonchev–Trinajstić information content (AvgIpc) is 3.27. The van der Waals surface area contributed by atoms with E-state index in [9.17, 15) is 0 Å². The molecule has 0 heterocycles. The maximum Gasteiger partial charge on any atom is 0.127 e. The van der Waals surface area contributed by atoms with Crippen molar-refractivity contribution in [2.75, 3.05) is 0 Å². The van der Waals surface area contributed by atoms with E-state index in [-0.39, 0.29) is 0 Å². The van der Waals surface area contributed by atoms with E-state index < -0.39 is 0 Å². The number of rotatable bonds is 12. The molecule has 8 rings (SSSR count). The molecule has 0 amide bonds. The second-order valence-electron chi connectivity index (χ2n) is 12.8. The SMILES string of the molecule is c1ccc(-c2ccc(COCc3ccc(-c4ccccc4)cc3)cc2)cc1.c1ccc(COCc2ccccc2)cc1.c1ccc(Oc2ccccc2)cc1. The summed E-state index contributed by atoms with van der Waals surface area (Å²) in [6.07, 6.45) is 0. The second kappa shape index (κ2) is 21.9. The highest BCUT2D eigenvalue weighted by molar-refractivity contribution is 5.64. The van der Waals surface area contributed by atoms with Crippen LogP contribution in [0.25, 0.3) is 22.3 Å². The van der Waals surface area contributed by atoms with Crippen molar-refractivity contribution in [3.8, 4) is 33.8 Å². The Bertz CT molecular complexity index is 2010. The largest absolute Gasteiger partial charge is 0.457 e. The predicted octanol–water partition coefficient (Wildman–Crippen LogP) is 13.6. The van der Waals surface area contributed by atoms with Crippen molar-refractivity contribution < 1.29 is 14.2 Å². The van der Waals surface area contributed by atoms with Crippen LogP contribution in [0, 0.1) is 0 Å². The lowest BCUT2D eigenvalue weighted by Crippen LogP contribution is -1.94. The van der Waals surface area contributed by atoms with Gasteiger partial charge in [0.15, 0.2) is 0 Å². The number of para-hydroxylation sites is 2. The van der Waals surface area contributed by atoms with E-state index >= 15 is 0 Å². The fourth-order valence-electron chi connectivity index (χ4n) is 5.68. The molecule has 8 aromatic rings. The Morgan fingerprint density at radius 3 is 0.764 bits per heavy atom. The monoisotopic (exact) mass is 718 g/mol. The first-order valence-electron chi connectivity index (χ1n) is 18.6. The van der Waals surface area contributed by atoms with Crippen LogP contribution in [0.3, 0.4) is 0 Å². The Morgan fingerprint density at radius 1 is 0.218 bits per heavy atom. The standard InChI is InChI=1S/C26H22O.C14H14O.C12H10O/c1-3-7-23(8-4-1)25-15-11-21(12-16-25)19-27-20-22-13-17-26(18-14-22)24-9-5-2-6-10-24;1-3-7-13(8-4-1)11-15-12-14-9-5-2-6-10-14;1-3-7-11(8-4-1)13-12-9-5-2-6-10-12/h1-18H,19-20H2;1-10H,11-12H2;1-10H.